The van der Waals surface area contributed by atoms with E-state index in [-0.39, 0.29) is 13.0 Å². The number of hydrogen-bond donors (Lipinski definition) is 2. The molecule has 0 aliphatic carbocycles. The molecule has 4 nitrogen and oxygen atoms in total. The summed E-state index contributed by atoms with van der Waals surface area (Å²) in [5, 5.41) is 4.87. The molecule has 1 amide bonds. The highest BCUT2D eigenvalue weighted by atomic mass is 19.4. The second-order valence-electron chi connectivity index (χ2n) is 5.42. The van der Waals surface area contributed by atoms with Crippen LogP contribution in [0.1, 0.15) is 33.6 Å². The van der Waals surface area contributed by atoms with E-state index in [1.807, 2.05) is 0 Å². The van der Waals surface area contributed by atoms with Crippen molar-refractivity contribution in [3.8, 4) is 0 Å². The van der Waals surface area contributed by atoms with Crippen molar-refractivity contribution in [2.75, 3.05) is 6.54 Å². The zero-order valence-corrected chi connectivity index (χ0v) is 10.7. The fraction of sp³-hybridized carbons (Fsp3) is 0.909. The van der Waals surface area contributed by atoms with Gasteiger partial charge in [0.2, 0.25) is 0 Å². The van der Waals surface area contributed by atoms with Gasteiger partial charge in [-0.25, -0.2) is 4.79 Å². The first-order chi connectivity index (χ1) is 8.08. The maximum atomic E-state index is 12.5. The quantitative estimate of drug-likeness (QED) is 0.766. The largest absolute Gasteiger partial charge is 0.444 e. The Balaban J connectivity index is 2.46. The van der Waals surface area contributed by atoms with E-state index in [0.29, 0.717) is 6.42 Å². The minimum Gasteiger partial charge on any atom is -0.444 e. The van der Waals surface area contributed by atoms with Crippen LogP contribution in [-0.4, -0.2) is 36.5 Å². The van der Waals surface area contributed by atoms with E-state index < -0.39 is 30.0 Å². The molecular formula is C11H19F3N2O2. The van der Waals surface area contributed by atoms with Gasteiger partial charge in [-0.2, -0.15) is 13.2 Å². The van der Waals surface area contributed by atoms with Gasteiger partial charge in [0.25, 0.3) is 0 Å². The molecule has 1 heterocycles. The van der Waals surface area contributed by atoms with Crippen LogP contribution < -0.4 is 10.6 Å². The number of rotatable bonds is 1. The van der Waals surface area contributed by atoms with Crippen molar-refractivity contribution >= 4 is 6.09 Å². The minimum absolute atomic E-state index is 0.164. The summed E-state index contributed by atoms with van der Waals surface area (Å²) < 4.78 is 42.6. The normalized spacial score (nSPS) is 25.7. The molecule has 2 atom stereocenters. The maximum absolute atomic E-state index is 12.5. The molecule has 0 saturated carbocycles. The number of carbonyl (C=O) groups is 1. The Morgan fingerprint density at radius 1 is 1.33 bits per heavy atom. The number of halogens is 3. The lowest BCUT2D eigenvalue weighted by Crippen LogP contribution is -2.53. The van der Waals surface area contributed by atoms with Gasteiger partial charge in [0.1, 0.15) is 11.6 Å². The van der Waals surface area contributed by atoms with Gasteiger partial charge in [-0.3, -0.25) is 0 Å². The van der Waals surface area contributed by atoms with E-state index >= 15 is 0 Å². The highest BCUT2D eigenvalue weighted by Crippen LogP contribution is 2.26. The Bertz CT molecular complexity index is 300. The number of alkyl halides is 3. The highest BCUT2D eigenvalue weighted by molar-refractivity contribution is 5.68. The van der Waals surface area contributed by atoms with Gasteiger partial charge in [0.05, 0.1) is 0 Å². The molecule has 1 aliphatic heterocycles. The van der Waals surface area contributed by atoms with Crippen LogP contribution in [0.25, 0.3) is 0 Å². The van der Waals surface area contributed by atoms with Crippen LogP contribution in [0, 0.1) is 0 Å². The third-order valence-corrected chi connectivity index (χ3v) is 2.52. The van der Waals surface area contributed by atoms with Crippen molar-refractivity contribution in [2.45, 2.75) is 57.5 Å². The SMILES string of the molecule is CC(C)(C)OC(=O)N[C@H]1CCN[C@@H](C(F)(F)F)C1. The molecule has 0 aromatic rings. The van der Waals surface area contributed by atoms with Gasteiger partial charge in [0, 0.05) is 6.04 Å². The van der Waals surface area contributed by atoms with Gasteiger partial charge in [-0.1, -0.05) is 0 Å². The number of ether oxygens (including phenoxy) is 1. The number of piperidine rings is 1. The van der Waals surface area contributed by atoms with E-state index in [4.69, 9.17) is 4.74 Å². The molecule has 0 radical (unpaired) electrons. The zero-order valence-electron chi connectivity index (χ0n) is 10.7. The second kappa shape index (κ2) is 5.34. The van der Waals surface area contributed by atoms with Gasteiger partial charge < -0.3 is 15.4 Å². The third-order valence-electron chi connectivity index (χ3n) is 2.52. The minimum atomic E-state index is -4.28. The summed E-state index contributed by atoms with van der Waals surface area (Å²) in [6.45, 7) is 5.33. The smallest absolute Gasteiger partial charge is 0.407 e. The molecule has 1 rings (SSSR count). The van der Waals surface area contributed by atoms with Crippen LogP contribution in [-0.2, 0) is 4.74 Å². The molecule has 0 unspecified atom stereocenters. The first kappa shape index (κ1) is 15.1. The fourth-order valence-corrected chi connectivity index (χ4v) is 1.77. The van der Waals surface area contributed by atoms with Crippen LogP contribution in [0.4, 0.5) is 18.0 Å². The molecule has 1 saturated heterocycles. The van der Waals surface area contributed by atoms with Crippen molar-refractivity contribution in [1.82, 2.24) is 10.6 Å². The number of alkyl carbamates (subject to hydrolysis) is 1. The lowest BCUT2D eigenvalue weighted by Gasteiger charge is -2.32. The lowest BCUT2D eigenvalue weighted by molar-refractivity contribution is -0.161. The summed E-state index contributed by atoms with van der Waals surface area (Å²) >= 11 is 0. The van der Waals surface area contributed by atoms with E-state index in [1.165, 1.54) is 0 Å². The van der Waals surface area contributed by atoms with Crippen LogP contribution >= 0.6 is 0 Å². The first-order valence-corrected chi connectivity index (χ1v) is 5.87. The highest BCUT2D eigenvalue weighted by Gasteiger charge is 2.42. The van der Waals surface area contributed by atoms with Crippen LogP contribution in [0.5, 0.6) is 0 Å². The summed E-state index contributed by atoms with van der Waals surface area (Å²) in [4.78, 5) is 11.4. The average molecular weight is 268 g/mol. The zero-order chi connectivity index (χ0) is 14.0. The Labute approximate surface area is 104 Å². The van der Waals surface area contributed by atoms with Gasteiger partial charge >= 0.3 is 12.3 Å². The Morgan fingerprint density at radius 3 is 2.44 bits per heavy atom. The number of amides is 1. The molecule has 0 aromatic carbocycles. The van der Waals surface area contributed by atoms with Gasteiger partial charge in [0.15, 0.2) is 0 Å². The number of hydrogen-bond acceptors (Lipinski definition) is 3. The van der Waals surface area contributed by atoms with Crippen LogP contribution in [0.15, 0.2) is 0 Å². The summed E-state index contributed by atoms with van der Waals surface area (Å²) in [5.74, 6) is 0. The monoisotopic (exact) mass is 268 g/mol. The van der Waals surface area contributed by atoms with Gasteiger partial charge in [-0.15, -0.1) is 0 Å². The van der Waals surface area contributed by atoms with E-state index in [1.54, 1.807) is 20.8 Å². The molecular weight excluding hydrogens is 249 g/mol. The van der Waals surface area contributed by atoms with E-state index in [0.717, 1.165) is 0 Å². The molecule has 18 heavy (non-hydrogen) atoms. The summed E-state index contributed by atoms with van der Waals surface area (Å²) in [5.41, 5.74) is -0.652. The predicted octanol–water partition coefficient (Wildman–Crippen LogP) is 2.19. The van der Waals surface area contributed by atoms with E-state index in [9.17, 15) is 18.0 Å². The van der Waals surface area contributed by atoms with Crippen molar-refractivity contribution in [1.29, 1.82) is 0 Å². The van der Waals surface area contributed by atoms with Crippen molar-refractivity contribution in [3.05, 3.63) is 0 Å². The van der Waals surface area contributed by atoms with Crippen molar-refractivity contribution in [2.24, 2.45) is 0 Å². The van der Waals surface area contributed by atoms with Crippen LogP contribution in [0.2, 0.25) is 0 Å². The average Bonchev–Trinajstić information content (AvgIpc) is 2.13. The van der Waals surface area contributed by atoms with Crippen molar-refractivity contribution < 1.29 is 22.7 Å². The molecule has 2 N–H and O–H groups in total. The summed E-state index contributed by atoms with van der Waals surface area (Å²) in [6, 6.07) is -2.07. The topological polar surface area (TPSA) is 50.4 Å². The molecule has 0 spiro atoms. The second-order valence-corrected chi connectivity index (χ2v) is 5.42. The standard InChI is InChI=1S/C11H19F3N2O2/c1-10(2,3)18-9(17)16-7-4-5-15-8(6-7)11(12,13)14/h7-8,15H,4-6H2,1-3H3,(H,16,17)/t7-,8+/m0/s1. The molecule has 0 bridgehead atoms. The Morgan fingerprint density at radius 2 is 1.94 bits per heavy atom. The Kier molecular flexibility index (Phi) is 4.47. The fourth-order valence-electron chi connectivity index (χ4n) is 1.77. The molecule has 1 fully saturated rings. The molecule has 0 aromatic heterocycles. The molecule has 7 heteroatoms. The number of nitrogens with one attached hydrogen (secondary N) is 2. The molecule has 1 aliphatic rings. The lowest BCUT2D eigenvalue weighted by atomic mass is 9.99. The predicted molar refractivity (Wildman–Crippen MR) is 60.2 cm³/mol. The summed E-state index contributed by atoms with van der Waals surface area (Å²) in [6.07, 6.45) is -4.65. The van der Waals surface area contributed by atoms with Crippen molar-refractivity contribution in [3.63, 3.8) is 0 Å². The first-order valence-electron chi connectivity index (χ1n) is 5.87. The van der Waals surface area contributed by atoms with E-state index in [2.05, 4.69) is 10.6 Å². The molecule has 106 valence electrons. The van der Waals surface area contributed by atoms with Gasteiger partial charge in [-0.05, 0) is 40.2 Å². The maximum Gasteiger partial charge on any atom is 0.407 e. The summed E-state index contributed by atoms with van der Waals surface area (Å²) in [7, 11) is 0. The Hall–Kier alpha value is -0.980. The third kappa shape index (κ3) is 5.12. The van der Waals surface area contributed by atoms with Crippen LogP contribution in [0.3, 0.4) is 0 Å². The number of carbonyl (C=O) groups excluding carboxylic acids is 1.